The first kappa shape index (κ1) is 22.1. The molecule has 0 fully saturated rings. The van der Waals surface area contributed by atoms with Gasteiger partial charge in [-0.15, -0.1) is 0 Å². The summed E-state index contributed by atoms with van der Waals surface area (Å²) in [6, 6.07) is 30.3. The highest BCUT2D eigenvalue weighted by molar-refractivity contribution is 6.21. The third-order valence-corrected chi connectivity index (χ3v) is 6.98. The fraction of sp³-hybridized carbons (Fsp3) is 0.125. The van der Waals surface area contributed by atoms with Gasteiger partial charge in [0.25, 0.3) is 0 Å². The Morgan fingerprint density at radius 3 is 2.08 bits per heavy atom. The second kappa shape index (κ2) is 9.31. The van der Waals surface area contributed by atoms with Crippen molar-refractivity contribution < 1.29 is 14.3 Å². The number of carbonyl (C=O) groups is 2. The van der Waals surface area contributed by atoms with Crippen LogP contribution in [0.25, 0.3) is 28.3 Å². The maximum Gasteiger partial charge on any atom is 0.407 e. The Bertz CT molecular complexity index is 1470. The van der Waals surface area contributed by atoms with Crippen LogP contribution in [0.15, 0.2) is 97.1 Å². The number of ketones is 1. The topological polar surface area (TPSA) is 55.4 Å². The zero-order chi connectivity index (χ0) is 24.5. The lowest BCUT2D eigenvalue weighted by Crippen LogP contribution is -2.26. The van der Waals surface area contributed by atoms with Crippen molar-refractivity contribution in [2.45, 2.75) is 12.3 Å². The van der Waals surface area contributed by atoms with Crippen molar-refractivity contribution in [2.75, 3.05) is 13.2 Å². The molecular weight excluding hydrogens is 446 g/mol. The number of rotatable bonds is 6. The minimum Gasteiger partial charge on any atom is -0.449 e. The number of hydrogen-bond acceptors (Lipinski definition) is 3. The lowest BCUT2D eigenvalue weighted by atomic mass is 9.98. The van der Waals surface area contributed by atoms with E-state index in [0.29, 0.717) is 19.6 Å². The average molecular weight is 472 g/mol. The second-order valence-corrected chi connectivity index (χ2v) is 9.12. The molecule has 0 heterocycles. The minimum absolute atomic E-state index is 0.0525. The number of carbonyl (C=O) groups excluding carboxylic acids is 2. The van der Waals surface area contributed by atoms with Gasteiger partial charge in [0.15, 0.2) is 5.78 Å². The van der Waals surface area contributed by atoms with Gasteiger partial charge in [-0.05, 0) is 51.4 Å². The van der Waals surface area contributed by atoms with Gasteiger partial charge in [-0.1, -0.05) is 97.1 Å². The van der Waals surface area contributed by atoms with Gasteiger partial charge in [-0.2, -0.15) is 0 Å². The normalized spacial score (nSPS) is 13.3. The molecule has 4 aromatic carbocycles. The summed E-state index contributed by atoms with van der Waals surface area (Å²) in [5, 5.41) is 2.83. The second-order valence-electron chi connectivity index (χ2n) is 9.12. The quantitative estimate of drug-likeness (QED) is 0.276. The Balaban J connectivity index is 1.01. The number of hydrogen-bond donors (Lipinski definition) is 1. The summed E-state index contributed by atoms with van der Waals surface area (Å²) in [7, 11) is 0. The van der Waals surface area contributed by atoms with Gasteiger partial charge >= 0.3 is 6.09 Å². The molecule has 6 rings (SSSR count). The molecular formula is C32H25NO3. The van der Waals surface area contributed by atoms with Crippen molar-refractivity contribution in [3.8, 4) is 22.3 Å². The van der Waals surface area contributed by atoms with Crippen LogP contribution in [0.1, 0.15) is 45.0 Å². The number of ether oxygens (including phenoxy) is 1. The summed E-state index contributed by atoms with van der Waals surface area (Å²) < 4.78 is 5.59. The van der Waals surface area contributed by atoms with E-state index in [1.807, 2.05) is 78.9 Å². The highest BCUT2D eigenvalue weighted by Crippen LogP contribution is 2.44. The van der Waals surface area contributed by atoms with Gasteiger partial charge in [0.05, 0.1) is 0 Å². The first-order valence-electron chi connectivity index (χ1n) is 12.2. The van der Waals surface area contributed by atoms with Crippen LogP contribution < -0.4 is 5.32 Å². The third-order valence-electron chi connectivity index (χ3n) is 6.98. The van der Waals surface area contributed by atoms with Gasteiger partial charge in [0, 0.05) is 23.6 Å². The predicted octanol–water partition coefficient (Wildman–Crippen LogP) is 6.84. The number of amides is 1. The molecule has 2 aliphatic carbocycles. The number of fused-ring (bicyclic) bond motifs is 6. The molecule has 4 nitrogen and oxygen atoms in total. The Labute approximate surface area is 210 Å². The third kappa shape index (κ3) is 3.91. The van der Waals surface area contributed by atoms with Crippen LogP contribution in [0.4, 0.5) is 4.79 Å². The molecule has 0 unspecified atom stereocenters. The molecule has 36 heavy (non-hydrogen) atoms. The summed E-state index contributed by atoms with van der Waals surface area (Å²) in [5.74, 6) is 0.129. The summed E-state index contributed by atoms with van der Waals surface area (Å²) >= 11 is 0. The number of benzene rings is 4. The highest BCUT2D eigenvalue weighted by Gasteiger charge is 2.29. The van der Waals surface area contributed by atoms with Gasteiger partial charge in [-0.25, -0.2) is 4.79 Å². The summed E-state index contributed by atoms with van der Waals surface area (Å²) in [6.07, 6.45) is 4.23. The molecule has 0 aliphatic heterocycles. The molecule has 0 spiro atoms. The first-order chi connectivity index (χ1) is 17.7. The fourth-order valence-electron chi connectivity index (χ4n) is 5.28. The standard InChI is InChI=1S/C32H25NO3/c34-31-28-15-6-5-12-24(28)27-17-16-21(19-29(27)31)9-7-8-18-33-32(35)36-20-30-25-13-3-1-10-22(25)23-11-2-4-14-26(23)30/h1-7,9-17,19,30H,8,18,20H2,(H,33,35). The zero-order valence-electron chi connectivity index (χ0n) is 19.7. The van der Waals surface area contributed by atoms with E-state index < -0.39 is 6.09 Å². The van der Waals surface area contributed by atoms with Crippen molar-refractivity contribution in [1.29, 1.82) is 0 Å². The van der Waals surface area contributed by atoms with E-state index in [9.17, 15) is 9.59 Å². The SMILES string of the molecule is O=C(NCCC=Cc1ccc2c(c1)C(=O)c1ccccc1-2)OCC1c2ccccc2-c2ccccc21. The maximum atomic E-state index is 12.7. The van der Waals surface area contributed by atoms with Crippen molar-refractivity contribution in [3.05, 3.63) is 125 Å². The molecule has 0 aromatic heterocycles. The van der Waals surface area contributed by atoms with Crippen LogP contribution in [-0.2, 0) is 4.74 Å². The van der Waals surface area contributed by atoms with E-state index in [0.717, 1.165) is 27.8 Å². The minimum atomic E-state index is -0.411. The van der Waals surface area contributed by atoms with Gasteiger partial charge in [-0.3, -0.25) is 4.79 Å². The van der Waals surface area contributed by atoms with Crippen LogP contribution in [0.2, 0.25) is 0 Å². The van der Waals surface area contributed by atoms with E-state index in [2.05, 4.69) is 29.6 Å². The Kier molecular flexibility index (Phi) is 5.70. The van der Waals surface area contributed by atoms with Gasteiger partial charge < -0.3 is 10.1 Å². The van der Waals surface area contributed by atoms with Gasteiger partial charge in [0.1, 0.15) is 6.61 Å². The molecule has 0 saturated heterocycles. The molecule has 0 atom stereocenters. The molecule has 4 aromatic rings. The molecule has 4 heteroatoms. The number of alkyl carbamates (subject to hydrolysis) is 1. The lowest BCUT2D eigenvalue weighted by molar-refractivity contribution is 0.104. The van der Waals surface area contributed by atoms with Crippen LogP contribution in [0.3, 0.4) is 0 Å². The molecule has 2 aliphatic rings. The smallest absolute Gasteiger partial charge is 0.407 e. The Morgan fingerprint density at radius 1 is 0.750 bits per heavy atom. The van der Waals surface area contributed by atoms with Gasteiger partial charge in [0.2, 0.25) is 0 Å². The molecule has 0 saturated carbocycles. The molecule has 1 N–H and O–H groups in total. The monoisotopic (exact) mass is 471 g/mol. The lowest BCUT2D eigenvalue weighted by Gasteiger charge is -2.14. The average Bonchev–Trinajstić information content (AvgIpc) is 3.39. The van der Waals surface area contributed by atoms with Crippen molar-refractivity contribution in [3.63, 3.8) is 0 Å². The summed E-state index contributed by atoms with van der Waals surface area (Å²) in [5.41, 5.74) is 9.29. The highest BCUT2D eigenvalue weighted by atomic mass is 16.5. The van der Waals surface area contributed by atoms with Crippen LogP contribution in [0, 0.1) is 0 Å². The first-order valence-corrected chi connectivity index (χ1v) is 12.2. The van der Waals surface area contributed by atoms with E-state index in [1.165, 1.54) is 22.3 Å². The van der Waals surface area contributed by atoms with Crippen molar-refractivity contribution in [2.24, 2.45) is 0 Å². The summed E-state index contributed by atoms with van der Waals surface area (Å²) in [6.45, 7) is 0.781. The van der Waals surface area contributed by atoms with Crippen LogP contribution in [0.5, 0.6) is 0 Å². The fourth-order valence-corrected chi connectivity index (χ4v) is 5.28. The van der Waals surface area contributed by atoms with E-state index in [-0.39, 0.29) is 11.7 Å². The van der Waals surface area contributed by atoms with Crippen LogP contribution in [-0.4, -0.2) is 25.0 Å². The molecule has 1 amide bonds. The maximum absolute atomic E-state index is 12.7. The van der Waals surface area contributed by atoms with E-state index in [4.69, 9.17) is 4.74 Å². The zero-order valence-corrected chi connectivity index (χ0v) is 19.7. The van der Waals surface area contributed by atoms with Crippen molar-refractivity contribution in [1.82, 2.24) is 5.32 Å². The van der Waals surface area contributed by atoms with E-state index >= 15 is 0 Å². The molecule has 176 valence electrons. The predicted molar refractivity (Wildman–Crippen MR) is 142 cm³/mol. The Morgan fingerprint density at radius 2 is 1.36 bits per heavy atom. The molecule has 0 bridgehead atoms. The Hall–Kier alpha value is -4.44. The van der Waals surface area contributed by atoms with Crippen LogP contribution >= 0.6 is 0 Å². The molecule has 0 radical (unpaired) electrons. The number of nitrogens with one attached hydrogen (secondary N) is 1. The van der Waals surface area contributed by atoms with E-state index in [1.54, 1.807) is 0 Å². The summed E-state index contributed by atoms with van der Waals surface area (Å²) in [4.78, 5) is 25.0. The van der Waals surface area contributed by atoms with Crippen molar-refractivity contribution >= 4 is 18.0 Å². The largest absolute Gasteiger partial charge is 0.449 e.